The summed E-state index contributed by atoms with van der Waals surface area (Å²) >= 11 is 0. The Morgan fingerprint density at radius 2 is 1.82 bits per heavy atom. The summed E-state index contributed by atoms with van der Waals surface area (Å²) in [5, 5.41) is 20.5. The van der Waals surface area contributed by atoms with Crippen molar-refractivity contribution in [3.05, 3.63) is 23.3 Å². The SMILES string of the molecule is Cc1cc(NC(=O)CCC(=O)O)c(C)cc1O. The van der Waals surface area contributed by atoms with Gasteiger partial charge in [0.05, 0.1) is 6.42 Å². The molecule has 3 N–H and O–H groups in total. The lowest BCUT2D eigenvalue weighted by atomic mass is 10.1. The average Bonchev–Trinajstić information content (AvgIpc) is 2.23. The van der Waals surface area contributed by atoms with E-state index in [2.05, 4.69) is 5.32 Å². The molecule has 5 nitrogen and oxygen atoms in total. The molecule has 0 saturated carbocycles. The molecule has 0 saturated heterocycles. The van der Waals surface area contributed by atoms with Gasteiger partial charge in [-0.05, 0) is 37.1 Å². The van der Waals surface area contributed by atoms with Gasteiger partial charge in [-0.15, -0.1) is 0 Å². The second kappa shape index (κ2) is 5.34. The first-order valence-corrected chi connectivity index (χ1v) is 5.22. The summed E-state index contributed by atoms with van der Waals surface area (Å²) in [6.07, 6.45) is -0.253. The van der Waals surface area contributed by atoms with Gasteiger partial charge in [-0.2, -0.15) is 0 Å². The molecule has 0 aliphatic carbocycles. The third-order valence-electron chi connectivity index (χ3n) is 2.38. The fourth-order valence-corrected chi connectivity index (χ4v) is 1.37. The highest BCUT2D eigenvalue weighted by atomic mass is 16.4. The summed E-state index contributed by atoms with van der Waals surface area (Å²) in [4.78, 5) is 21.7. The lowest BCUT2D eigenvalue weighted by molar-refractivity contribution is -0.138. The number of carboxylic acids is 1. The average molecular weight is 237 g/mol. The number of aryl methyl sites for hydroxylation is 2. The first-order chi connectivity index (χ1) is 7.90. The molecule has 1 aromatic carbocycles. The van der Waals surface area contributed by atoms with Crippen molar-refractivity contribution >= 4 is 17.6 Å². The minimum atomic E-state index is -1.00. The Kier molecular flexibility index (Phi) is 4.09. The van der Waals surface area contributed by atoms with Gasteiger partial charge in [0.2, 0.25) is 5.91 Å². The van der Waals surface area contributed by atoms with Gasteiger partial charge in [-0.25, -0.2) is 0 Å². The fraction of sp³-hybridized carbons (Fsp3) is 0.333. The number of hydrogen-bond acceptors (Lipinski definition) is 3. The van der Waals surface area contributed by atoms with E-state index < -0.39 is 5.97 Å². The maximum Gasteiger partial charge on any atom is 0.303 e. The molecule has 0 aliphatic rings. The number of amides is 1. The highest BCUT2D eigenvalue weighted by Crippen LogP contribution is 2.25. The molecule has 0 spiro atoms. The molecule has 0 aromatic heterocycles. The highest BCUT2D eigenvalue weighted by Gasteiger charge is 2.09. The van der Waals surface area contributed by atoms with E-state index in [9.17, 15) is 14.7 Å². The van der Waals surface area contributed by atoms with Crippen molar-refractivity contribution in [1.82, 2.24) is 0 Å². The minimum Gasteiger partial charge on any atom is -0.508 e. The maximum absolute atomic E-state index is 11.4. The van der Waals surface area contributed by atoms with Crippen molar-refractivity contribution in [2.75, 3.05) is 5.32 Å². The molecule has 92 valence electrons. The number of phenols is 1. The summed E-state index contributed by atoms with van der Waals surface area (Å²) in [6, 6.07) is 3.21. The van der Waals surface area contributed by atoms with Crippen LogP contribution >= 0.6 is 0 Å². The lowest BCUT2D eigenvalue weighted by Crippen LogP contribution is -2.14. The number of phenolic OH excluding ortho intramolecular Hbond substituents is 1. The fourth-order valence-electron chi connectivity index (χ4n) is 1.37. The molecular formula is C12H15NO4. The van der Waals surface area contributed by atoms with E-state index in [1.165, 1.54) is 0 Å². The number of carbonyl (C=O) groups is 2. The number of anilines is 1. The monoisotopic (exact) mass is 237 g/mol. The Balaban J connectivity index is 2.71. The predicted octanol–water partition coefficient (Wildman–Crippen LogP) is 1.81. The van der Waals surface area contributed by atoms with E-state index in [4.69, 9.17) is 5.11 Å². The van der Waals surface area contributed by atoms with Gasteiger partial charge >= 0.3 is 5.97 Å². The number of carboxylic acid groups (broad SMARTS) is 1. The molecule has 1 amide bonds. The van der Waals surface area contributed by atoms with Gasteiger partial charge in [-0.1, -0.05) is 0 Å². The van der Waals surface area contributed by atoms with Crippen LogP contribution in [0, 0.1) is 13.8 Å². The molecule has 0 fully saturated rings. The van der Waals surface area contributed by atoms with Gasteiger partial charge in [0.15, 0.2) is 0 Å². The normalized spacial score (nSPS) is 10.0. The van der Waals surface area contributed by atoms with Crippen molar-refractivity contribution in [2.24, 2.45) is 0 Å². The summed E-state index contributed by atoms with van der Waals surface area (Å²) in [5.41, 5.74) is 1.98. The van der Waals surface area contributed by atoms with E-state index in [0.717, 1.165) is 5.56 Å². The van der Waals surface area contributed by atoms with Crippen LogP contribution in [0.15, 0.2) is 12.1 Å². The van der Waals surface area contributed by atoms with Crippen LogP contribution in [0.4, 0.5) is 5.69 Å². The van der Waals surface area contributed by atoms with Crippen LogP contribution in [0.25, 0.3) is 0 Å². The molecule has 0 aliphatic heterocycles. The Morgan fingerprint density at radius 1 is 1.18 bits per heavy atom. The molecule has 0 heterocycles. The molecule has 1 aromatic rings. The Morgan fingerprint density at radius 3 is 2.41 bits per heavy atom. The smallest absolute Gasteiger partial charge is 0.303 e. The van der Waals surface area contributed by atoms with Gasteiger partial charge in [-0.3, -0.25) is 9.59 Å². The minimum absolute atomic E-state index is 0.0608. The molecule has 0 atom stereocenters. The zero-order chi connectivity index (χ0) is 13.0. The van der Waals surface area contributed by atoms with Gasteiger partial charge in [0, 0.05) is 12.1 Å². The Bertz CT molecular complexity index is 454. The highest BCUT2D eigenvalue weighted by molar-refractivity contribution is 5.93. The van der Waals surface area contributed by atoms with E-state index in [1.807, 2.05) is 0 Å². The van der Waals surface area contributed by atoms with Gasteiger partial charge in [0.1, 0.15) is 5.75 Å². The van der Waals surface area contributed by atoms with Crippen LogP contribution in [-0.2, 0) is 9.59 Å². The van der Waals surface area contributed by atoms with Crippen molar-refractivity contribution in [3.63, 3.8) is 0 Å². The maximum atomic E-state index is 11.4. The van der Waals surface area contributed by atoms with Crippen molar-refractivity contribution in [2.45, 2.75) is 26.7 Å². The predicted molar refractivity (Wildman–Crippen MR) is 63.1 cm³/mol. The second-order valence-electron chi connectivity index (χ2n) is 3.90. The zero-order valence-corrected chi connectivity index (χ0v) is 9.78. The van der Waals surface area contributed by atoms with Crippen LogP contribution in [0.3, 0.4) is 0 Å². The molecule has 0 unspecified atom stereocenters. The largest absolute Gasteiger partial charge is 0.508 e. The second-order valence-corrected chi connectivity index (χ2v) is 3.90. The zero-order valence-electron chi connectivity index (χ0n) is 9.78. The van der Waals surface area contributed by atoms with Crippen LogP contribution in [0.1, 0.15) is 24.0 Å². The van der Waals surface area contributed by atoms with E-state index in [-0.39, 0.29) is 24.5 Å². The van der Waals surface area contributed by atoms with Crippen molar-refractivity contribution < 1.29 is 19.8 Å². The van der Waals surface area contributed by atoms with Crippen molar-refractivity contribution in [1.29, 1.82) is 0 Å². The first kappa shape index (κ1) is 13.0. The molecule has 5 heteroatoms. The number of hydrogen-bond donors (Lipinski definition) is 3. The molecule has 17 heavy (non-hydrogen) atoms. The number of nitrogens with one attached hydrogen (secondary N) is 1. The van der Waals surface area contributed by atoms with E-state index >= 15 is 0 Å². The van der Waals surface area contributed by atoms with Crippen LogP contribution in [0.5, 0.6) is 5.75 Å². The Labute approximate surface area is 99.1 Å². The van der Waals surface area contributed by atoms with Gasteiger partial charge in [0.25, 0.3) is 0 Å². The molecular weight excluding hydrogens is 222 g/mol. The standard InChI is InChI=1S/C12H15NO4/c1-7-6-10(14)8(2)5-9(7)13-11(15)3-4-12(16)17/h5-6,14H,3-4H2,1-2H3,(H,13,15)(H,16,17). The van der Waals surface area contributed by atoms with Crippen molar-refractivity contribution in [3.8, 4) is 5.75 Å². The number of carbonyl (C=O) groups excluding carboxylic acids is 1. The Hall–Kier alpha value is -2.04. The molecule has 0 radical (unpaired) electrons. The van der Waals surface area contributed by atoms with Crippen LogP contribution in [-0.4, -0.2) is 22.1 Å². The third-order valence-corrected chi connectivity index (χ3v) is 2.38. The molecule has 0 bridgehead atoms. The quantitative estimate of drug-likeness (QED) is 0.697. The number of rotatable bonds is 4. The van der Waals surface area contributed by atoms with E-state index in [1.54, 1.807) is 26.0 Å². The first-order valence-electron chi connectivity index (χ1n) is 5.22. The number of aliphatic carboxylic acids is 1. The number of aromatic hydroxyl groups is 1. The lowest BCUT2D eigenvalue weighted by Gasteiger charge is -2.10. The van der Waals surface area contributed by atoms with Crippen LogP contribution < -0.4 is 5.32 Å². The summed E-state index contributed by atoms with van der Waals surface area (Å²) in [6.45, 7) is 3.48. The van der Waals surface area contributed by atoms with Crippen LogP contribution in [0.2, 0.25) is 0 Å². The topological polar surface area (TPSA) is 86.6 Å². The van der Waals surface area contributed by atoms with E-state index in [0.29, 0.717) is 11.3 Å². The molecule has 1 rings (SSSR count). The van der Waals surface area contributed by atoms with Gasteiger partial charge < -0.3 is 15.5 Å². The summed E-state index contributed by atoms with van der Waals surface area (Å²) < 4.78 is 0. The number of benzene rings is 1. The summed E-state index contributed by atoms with van der Waals surface area (Å²) in [5.74, 6) is -1.18. The third kappa shape index (κ3) is 3.79. The summed E-state index contributed by atoms with van der Waals surface area (Å²) in [7, 11) is 0.